The Balaban J connectivity index is 2.36. The number of hydrogen-bond acceptors (Lipinski definition) is 6. The summed E-state index contributed by atoms with van der Waals surface area (Å²) in [4.78, 5) is 27.0. The van der Waals surface area contributed by atoms with Crippen molar-refractivity contribution in [3.8, 4) is 0 Å². The SMILES string of the molecule is CC(=O)OC1=C(N)OC(C)(c2ccncc2)C1=O. The van der Waals surface area contributed by atoms with E-state index >= 15 is 0 Å². The van der Waals surface area contributed by atoms with Gasteiger partial charge in [0.15, 0.2) is 5.60 Å². The summed E-state index contributed by atoms with van der Waals surface area (Å²) in [5.41, 5.74) is 4.88. The lowest BCUT2D eigenvalue weighted by Gasteiger charge is -2.22. The van der Waals surface area contributed by atoms with Gasteiger partial charge >= 0.3 is 5.97 Å². The minimum atomic E-state index is -1.28. The van der Waals surface area contributed by atoms with Crippen LogP contribution in [0.25, 0.3) is 0 Å². The summed E-state index contributed by atoms with van der Waals surface area (Å²) in [6.45, 7) is 2.75. The van der Waals surface area contributed by atoms with E-state index in [9.17, 15) is 9.59 Å². The van der Waals surface area contributed by atoms with Crippen LogP contribution >= 0.6 is 0 Å². The molecule has 0 aliphatic carbocycles. The molecule has 6 heteroatoms. The number of hydrogen-bond donors (Lipinski definition) is 1. The zero-order valence-electron chi connectivity index (χ0n) is 9.97. The Morgan fingerprint density at radius 1 is 1.44 bits per heavy atom. The number of Topliss-reactive ketones (excluding diaryl/α,β-unsaturated/α-hetero) is 1. The number of pyridine rings is 1. The minimum Gasteiger partial charge on any atom is -0.457 e. The van der Waals surface area contributed by atoms with Crippen LogP contribution in [0.4, 0.5) is 0 Å². The highest BCUT2D eigenvalue weighted by Gasteiger charge is 2.48. The van der Waals surface area contributed by atoms with E-state index in [0.717, 1.165) is 0 Å². The number of nitrogens with two attached hydrogens (primary N) is 1. The van der Waals surface area contributed by atoms with Crippen LogP contribution in [0.15, 0.2) is 36.2 Å². The van der Waals surface area contributed by atoms with Gasteiger partial charge in [-0.3, -0.25) is 14.6 Å². The van der Waals surface area contributed by atoms with Crippen molar-refractivity contribution < 1.29 is 19.1 Å². The first kappa shape index (κ1) is 12.1. The van der Waals surface area contributed by atoms with Crippen molar-refractivity contribution in [2.75, 3.05) is 0 Å². The Labute approximate surface area is 103 Å². The lowest BCUT2D eigenvalue weighted by atomic mass is 9.92. The quantitative estimate of drug-likeness (QED) is 0.770. The number of carbonyl (C=O) groups excluding carboxylic acids is 2. The van der Waals surface area contributed by atoms with E-state index in [-0.39, 0.29) is 11.6 Å². The number of ether oxygens (including phenoxy) is 2. The van der Waals surface area contributed by atoms with Crippen LogP contribution in [0.2, 0.25) is 0 Å². The number of ketones is 1. The molecule has 0 saturated carbocycles. The Kier molecular flexibility index (Phi) is 2.78. The molecule has 2 rings (SSSR count). The second kappa shape index (κ2) is 4.14. The summed E-state index contributed by atoms with van der Waals surface area (Å²) >= 11 is 0. The second-order valence-electron chi connectivity index (χ2n) is 3.99. The lowest BCUT2D eigenvalue weighted by Crippen LogP contribution is -2.31. The molecule has 1 aliphatic heterocycles. The van der Waals surface area contributed by atoms with Crippen molar-refractivity contribution >= 4 is 11.8 Å². The van der Waals surface area contributed by atoms with Crippen LogP contribution in [0.3, 0.4) is 0 Å². The number of rotatable bonds is 2. The molecule has 0 spiro atoms. The van der Waals surface area contributed by atoms with Gasteiger partial charge in [-0.25, -0.2) is 0 Å². The lowest BCUT2D eigenvalue weighted by molar-refractivity contribution is -0.142. The molecule has 1 aromatic heterocycles. The van der Waals surface area contributed by atoms with Gasteiger partial charge < -0.3 is 15.2 Å². The van der Waals surface area contributed by atoms with Gasteiger partial charge in [0.25, 0.3) is 5.78 Å². The predicted molar refractivity (Wildman–Crippen MR) is 60.7 cm³/mol. The van der Waals surface area contributed by atoms with E-state index in [1.165, 1.54) is 19.3 Å². The van der Waals surface area contributed by atoms with Crippen molar-refractivity contribution in [2.24, 2.45) is 5.73 Å². The first-order chi connectivity index (χ1) is 8.45. The summed E-state index contributed by atoms with van der Waals surface area (Å²) in [5.74, 6) is -1.54. The maximum Gasteiger partial charge on any atom is 0.308 e. The molecule has 0 aromatic carbocycles. The van der Waals surface area contributed by atoms with E-state index in [4.69, 9.17) is 15.2 Å². The van der Waals surface area contributed by atoms with Crippen molar-refractivity contribution in [2.45, 2.75) is 19.4 Å². The standard InChI is InChI=1S/C12H12N2O4/c1-7(15)17-9-10(16)12(2,18-11(9)13)8-3-5-14-6-4-8/h3-6H,13H2,1-2H3. The molecule has 0 bridgehead atoms. The third-order valence-corrected chi connectivity index (χ3v) is 2.65. The van der Waals surface area contributed by atoms with Gasteiger partial charge in [-0.1, -0.05) is 0 Å². The molecular weight excluding hydrogens is 236 g/mol. The van der Waals surface area contributed by atoms with Crippen molar-refractivity contribution in [1.82, 2.24) is 4.98 Å². The van der Waals surface area contributed by atoms with Gasteiger partial charge in [-0.2, -0.15) is 0 Å². The maximum atomic E-state index is 12.2. The van der Waals surface area contributed by atoms with Crippen molar-refractivity contribution in [3.63, 3.8) is 0 Å². The van der Waals surface area contributed by atoms with Crippen LogP contribution in [0.1, 0.15) is 19.4 Å². The van der Waals surface area contributed by atoms with E-state index < -0.39 is 17.4 Å². The number of aromatic nitrogens is 1. The molecule has 0 saturated heterocycles. The molecule has 18 heavy (non-hydrogen) atoms. The molecule has 6 nitrogen and oxygen atoms in total. The van der Waals surface area contributed by atoms with Crippen LogP contribution in [-0.2, 0) is 24.7 Å². The highest BCUT2D eigenvalue weighted by Crippen LogP contribution is 2.37. The molecule has 1 aromatic rings. The average Bonchev–Trinajstić information content (AvgIpc) is 2.55. The molecule has 2 heterocycles. The smallest absolute Gasteiger partial charge is 0.308 e. The fourth-order valence-electron chi connectivity index (χ4n) is 1.74. The fraction of sp³-hybridized carbons (Fsp3) is 0.250. The maximum absolute atomic E-state index is 12.2. The second-order valence-corrected chi connectivity index (χ2v) is 3.99. The average molecular weight is 248 g/mol. The van der Waals surface area contributed by atoms with Crippen molar-refractivity contribution in [1.29, 1.82) is 0 Å². The van der Waals surface area contributed by atoms with E-state index in [0.29, 0.717) is 5.56 Å². The van der Waals surface area contributed by atoms with Gasteiger partial charge in [-0.15, -0.1) is 0 Å². The van der Waals surface area contributed by atoms with Crippen LogP contribution in [0, 0.1) is 0 Å². The minimum absolute atomic E-state index is 0.186. The largest absolute Gasteiger partial charge is 0.457 e. The molecule has 94 valence electrons. The van der Waals surface area contributed by atoms with Gasteiger partial charge in [0.1, 0.15) is 0 Å². The summed E-state index contributed by atoms with van der Waals surface area (Å²) in [7, 11) is 0. The third-order valence-electron chi connectivity index (χ3n) is 2.65. The molecule has 1 aliphatic rings. The summed E-state index contributed by atoms with van der Waals surface area (Å²) in [6.07, 6.45) is 3.08. The highest BCUT2D eigenvalue weighted by molar-refractivity contribution is 6.04. The number of nitrogens with zero attached hydrogens (tertiary/aromatic N) is 1. The van der Waals surface area contributed by atoms with Crippen LogP contribution in [-0.4, -0.2) is 16.7 Å². The Morgan fingerprint density at radius 2 is 2.06 bits per heavy atom. The van der Waals surface area contributed by atoms with Gasteiger partial charge in [0.05, 0.1) is 0 Å². The zero-order chi connectivity index (χ0) is 13.3. The highest BCUT2D eigenvalue weighted by atomic mass is 16.6. The summed E-state index contributed by atoms with van der Waals surface area (Å²) < 4.78 is 10.1. The third kappa shape index (κ3) is 1.81. The number of carbonyl (C=O) groups is 2. The molecule has 0 amide bonds. The normalized spacial score (nSPS) is 22.9. The van der Waals surface area contributed by atoms with Crippen LogP contribution < -0.4 is 5.73 Å². The monoisotopic (exact) mass is 248 g/mol. The molecule has 1 unspecified atom stereocenters. The van der Waals surface area contributed by atoms with Crippen LogP contribution in [0.5, 0.6) is 0 Å². The first-order valence-electron chi connectivity index (χ1n) is 5.27. The van der Waals surface area contributed by atoms with E-state index in [2.05, 4.69) is 4.98 Å². The van der Waals surface area contributed by atoms with Gasteiger partial charge in [0.2, 0.25) is 11.6 Å². The number of esters is 1. The van der Waals surface area contributed by atoms with E-state index in [1.54, 1.807) is 19.1 Å². The Hall–Kier alpha value is -2.37. The fourth-order valence-corrected chi connectivity index (χ4v) is 1.74. The Morgan fingerprint density at radius 3 is 2.61 bits per heavy atom. The molecule has 2 N–H and O–H groups in total. The zero-order valence-corrected chi connectivity index (χ0v) is 9.97. The molecular formula is C12H12N2O4. The first-order valence-corrected chi connectivity index (χ1v) is 5.27. The van der Waals surface area contributed by atoms with Gasteiger partial charge in [0, 0.05) is 24.9 Å². The van der Waals surface area contributed by atoms with Gasteiger partial charge in [-0.05, 0) is 19.1 Å². The van der Waals surface area contributed by atoms with Crippen molar-refractivity contribution in [3.05, 3.63) is 41.7 Å². The molecule has 1 atom stereocenters. The summed E-state index contributed by atoms with van der Waals surface area (Å²) in [6, 6.07) is 3.28. The topological polar surface area (TPSA) is 91.5 Å². The summed E-state index contributed by atoms with van der Waals surface area (Å²) in [5, 5.41) is 0. The Bertz CT molecular complexity index is 538. The predicted octanol–water partition coefficient (Wildman–Crippen LogP) is 0.587. The molecule has 0 fully saturated rings. The molecule has 0 radical (unpaired) electrons. The van der Waals surface area contributed by atoms with E-state index in [1.807, 2.05) is 0 Å².